The van der Waals surface area contributed by atoms with E-state index in [1.807, 2.05) is 0 Å². The summed E-state index contributed by atoms with van der Waals surface area (Å²) in [6, 6.07) is 17.2. The lowest BCUT2D eigenvalue weighted by molar-refractivity contribution is 0.240. The third kappa shape index (κ3) is 6.51. The number of nitriles is 1. The van der Waals surface area contributed by atoms with Crippen molar-refractivity contribution in [1.29, 1.82) is 5.26 Å². The van der Waals surface area contributed by atoms with Crippen LogP contribution in [0.5, 0.6) is 0 Å². The molecular weight excluding hydrogens is 434 g/mol. The number of amides is 2. The maximum absolute atomic E-state index is 12.1. The summed E-state index contributed by atoms with van der Waals surface area (Å²) < 4.78 is 4.55. The van der Waals surface area contributed by atoms with Gasteiger partial charge in [-0.3, -0.25) is 4.90 Å². The Balaban J connectivity index is 1.17. The summed E-state index contributed by atoms with van der Waals surface area (Å²) in [6.45, 7) is 7.06. The molecule has 4 rings (SSSR count). The number of aromatic nitrogens is 2. The molecule has 1 fully saturated rings. The summed E-state index contributed by atoms with van der Waals surface area (Å²) >= 11 is 1.47. The Morgan fingerprint density at radius 2 is 1.94 bits per heavy atom. The van der Waals surface area contributed by atoms with Gasteiger partial charge in [0.05, 0.1) is 11.6 Å². The minimum absolute atomic E-state index is 0.265. The average molecular weight is 462 g/mol. The maximum Gasteiger partial charge on any atom is 0.319 e. The predicted molar refractivity (Wildman–Crippen MR) is 131 cm³/mol. The van der Waals surface area contributed by atoms with Crippen molar-refractivity contribution < 1.29 is 4.79 Å². The number of rotatable bonds is 7. The van der Waals surface area contributed by atoms with E-state index >= 15 is 0 Å². The largest absolute Gasteiger partial charge is 0.344 e. The molecule has 0 saturated carbocycles. The molecule has 0 aliphatic carbocycles. The van der Waals surface area contributed by atoms with Crippen LogP contribution in [0.25, 0.3) is 0 Å². The molecule has 0 spiro atoms. The quantitative estimate of drug-likeness (QED) is 0.561. The number of piperazine rings is 1. The number of carbonyl (C=O) groups is 1. The number of hydrogen-bond acceptors (Lipinski definition) is 7. The van der Waals surface area contributed by atoms with E-state index in [9.17, 15) is 4.79 Å². The first-order valence-electron chi connectivity index (χ1n) is 11.0. The van der Waals surface area contributed by atoms with E-state index < -0.39 is 0 Å². The normalized spacial score (nSPS) is 14.0. The fourth-order valence-corrected chi connectivity index (χ4v) is 4.40. The van der Waals surface area contributed by atoms with Crippen molar-refractivity contribution in [2.24, 2.45) is 0 Å². The van der Waals surface area contributed by atoms with Gasteiger partial charge in [0.2, 0.25) is 5.13 Å². The summed E-state index contributed by atoms with van der Waals surface area (Å²) in [6.07, 6.45) is 0.755. The third-order valence-corrected chi connectivity index (χ3v) is 6.36. The molecular formula is C24H27N7OS. The first-order valence-corrected chi connectivity index (χ1v) is 11.8. The minimum Gasteiger partial charge on any atom is -0.344 e. The molecule has 2 amide bonds. The zero-order valence-corrected chi connectivity index (χ0v) is 19.4. The molecule has 2 aromatic carbocycles. The average Bonchev–Trinajstić information content (AvgIpc) is 3.29. The van der Waals surface area contributed by atoms with Crippen molar-refractivity contribution in [1.82, 2.24) is 19.6 Å². The number of urea groups is 1. The SMILES string of the molecule is Cc1ccc(Cc2nsc(N3CCN(CCNC(=O)Nc4cccc(C#N)c4)CC3)n2)cc1. The molecule has 1 aromatic heterocycles. The van der Waals surface area contributed by atoms with E-state index in [0.29, 0.717) is 17.8 Å². The maximum atomic E-state index is 12.1. The highest BCUT2D eigenvalue weighted by Gasteiger charge is 2.20. The van der Waals surface area contributed by atoms with Crippen LogP contribution in [-0.4, -0.2) is 59.6 Å². The van der Waals surface area contributed by atoms with E-state index in [1.54, 1.807) is 24.3 Å². The van der Waals surface area contributed by atoms with Crippen molar-refractivity contribution in [3.8, 4) is 6.07 Å². The van der Waals surface area contributed by atoms with Gasteiger partial charge in [-0.15, -0.1) is 0 Å². The number of hydrogen-bond donors (Lipinski definition) is 2. The van der Waals surface area contributed by atoms with Crippen molar-refractivity contribution in [3.63, 3.8) is 0 Å². The molecule has 3 aromatic rings. The molecule has 33 heavy (non-hydrogen) atoms. The van der Waals surface area contributed by atoms with Crippen LogP contribution < -0.4 is 15.5 Å². The molecule has 0 atom stereocenters. The molecule has 0 bridgehead atoms. The topological polar surface area (TPSA) is 97.2 Å². The summed E-state index contributed by atoms with van der Waals surface area (Å²) in [5.74, 6) is 0.872. The second kappa shape index (κ2) is 10.9. The standard InChI is InChI=1S/C24H27N7OS/c1-18-5-7-19(8-6-18)16-22-28-24(33-29-22)31-13-11-30(12-14-31)10-9-26-23(32)27-21-4-2-3-20(15-21)17-25/h2-8,15H,9-14,16H2,1H3,(H2,26,27,32). The van der Waals surface area contributed by atoms with Gasteiger partial charge in [-0.2, -0.15) is 9.64 Å². The van der Waals surface area contributed by atoms with Crippen LogP contribution in [0.15, 0.2) is 48.5 Å². The minimum atomic E-state index is -0.265. The van der Waals surface area contributed by atoms with E-state index in [2.05, 4.69) is 62.1 Å². The van der Waals surface area contributed by atoms with Gasteiger partial charge in [0, 0.05) is 62.9 Å². The number of nitrogens with one attached hydrogen (secondary N) is 2. The van der Waals surface area contributed by atoms with Gasteiger partial charge in [-0.1, -0.05) is 35.9 Å². The molecule has 1 aliphatic rings. The highest BCUT2D eigenvalue weighted by atomic mass is 32.1. The molecule has 9 heteroatoms. The van der Waals surface area contributed by atoms with Crippen LogP contribution in [0.3, 0.4) is 0 Å². The highest BCUT2D eigenvalue weighted by Crippen LogP contribution is 2.20. The lowest BCUT2D eigenvalue weighted by Crippen LogP contribution is -2.48. The van der Waals surface area contributed by atoms with Crippen molar-refractivity contribution in [3.05, 3.63) is 71.0 Å². The fraction of sp³-hybridized carbons (Fsp3) is 0.333. The zero-order chi connectivity index (χ0) is 23.0. The monoisotopic (exact) mass is 461 g/mol. The summed E-state index contributed by atoms with van der Waals surface area (Å²) in [5, 5.41) is 15.6. The van der Waals surface area contributed by atoms with Gasteiger partial charge >= 0.3 is 6.03 Å². The van der Waals surface area contributed by atoms with Gasteiger partial charge in [0.1, 0.15) is 5.82 Å². The van der Waals surface area contributed by atoms with Gasteiger partial charge in [-0.25, -0.2) is 9.78 Å². The van der Waals surface area contributed by atoms with Crippen LogP contribution in [-0.2, 0) is 6.42 Å². The summed E-state index contributed by atoms with van der Waals surface area (Å²) in [4.78, 5) is 21.5. The summed E-state index contributed by atoms with van der Waals surface area (Å²) in [7, 11) is 0. The number of carbonyl (C=O) groups excluding carboxylic acids is 1. The Morgan fingerprint density at radius 3 is 2.70 bits per heavy atom. The first-order chi connectivity index (χ1) is 16.1. The molecule has 1 saturated heterocycles. The number of nitrogens with zero attached hydrogens (tertiary/aromatic N) is 5. The second-order valence-electron chi connectivity index (χ2n) is 8.06. The fourth-order valence-electron chi connectivity index (χ4n) is 3.67. The van der Waals surface area contributed by atoms with Crippen LogP contribution in [0, 0.1) is 18.3 Å². The molecule has 170 valence electrons. The van der Waals surface area contributed by atoms with Gasteiger partial charge in [0.25, 0.3) is 0 Å². The Hall–Kier alpha value is -3.48. The van der Waals surface area contributed by atoms with Crippen molar-refractivity contribution in [2.45, 2.75) is 13.3 Å². The van der Waals surface area contributed by atoms with Crippen LogP contribution in [0.4, 0.5) is 15.6 Å². The first kappa shape index (κ1) is 22.7. The van der Waals surface area contributed by atoms with E-state index in [0.717, 1.165) is 50.1 Å². The molecule has 2 N–H and O–H groups in total. The van der Waals surface area contributed by atoms with Gasteiger partial charge in [-0.05, 0) is 30.7 Å². The molecule has 0 radical (unpaired) electrons. The van der Waals surface area contributed by atoms with Gasteiger partial charge in [0.15, 0.2) is 0 Å². The molecule has 8 nitrogen and oxygen atoms in total. The molecule has 2 heterocycles. The Kier molecular flexibility index (Phi) is 7.50. The highest BCUT2D eigenvalue weighted by molar-refractivity contribution is 7.09. The lowest BCUT2D eigenvalue weighted by atomic mass is 10.1. The zero-order valence-electron chi connectivity index (χ0n) is 18.6. The number of anilines is 2. The van der Waals surface area contributed by atoms with Crippen LogP contribution in [0.1, 0.15) is 22.5 Å². The Labute approximate surface area is 198 Å². The number of benzene rings is 2. The van der Waals surface area contributed by atoms with E-state index in [4.69, 9.17) is 10.2 Å². The summed E-state index contributed by atoms with van der Waals surface area (Å²) in [5.41, 5.74) is 3.61. The molecule has 1 aliphatic heterocycles. The third-order valence-electron chi connectivity index (χ3n) is 5.55. The van der Waals surface area contributed by atoms with Crippen molar-refractivity contribution >= 4 is 28.4 Å². The molecule has 0 unspecified atom stereocenters. The predicted octanol–water partition coefficient (Wildman–Crippen LogP) is 3.25. The lowest BCUT2D eigenvalue weighted by Gasteiger charge is -2.34. The van der Waals surface area contributed by atoms with E-state index in [1.165, 1.54) is 22.7 Å². The Morgan fingerprint density at radius 1 is 1.15 bits per heavy atom. The second-order valence-corrected chi connectivity index (χ2v) is 8.79. The number of aryl methyl sites for hydroxylation is 1. The van der Waals surface area contributed by atoms with Crippen molar-refractivity contribution in [2.75, 3.05) is 49.5 Å². The smallest absolute Gasteiger partial charge is 0.319 e. The Bertz CT molecular complexity index is 1110. The van der Waals surface area contributed by atoms with Crippen LogP contribution in [0.2, 0.25) is 0 Å². The van der Waals surface area contributed by atoms with E-state index in [-0.39, 0.29) is 6.03 Å². The van der Waals surface area contributed by atoms with Crippen LogP contribution >= 0.6 is 11.5 Å². The van der Waals surface area contributed by atoms with Gasteiger partial charge < -0.3 is 15.5 Å².